The van der Waals surface area contributed by atoms with Crippen LogP contribution in [0.3, 0.4) is 0 Å². The van der Waals surface area contributed by atoms with Crippen molar-refractivity contribution in [3.05, 3.63) is 35.9 Å². The highest BCUT2D eigenvalue weighted by Gasteiger charge is 2.06. The van der Waals surface area contributed by atoms with Crippen LogP contribution in [0, 0.1) is 6.92 Å². The molecule has 17 heavy (non-hydrogen) atoms. The predicted octanol–water partition coefficient (Wildman–Crippen LogP) is 2.28. The van der Waals surface area contributed by atoms with E-state index in [1.807, 2.05) is 25.4 Å². The summed E-state index contributed by atoms with van der Waals surface area (Å²) in [6.45, 7) is 7.11. The van der Waals surface area contributed by atoms with Crippen LogP contribution in [0.1, 0.15) is 25.1 Å². The number of hydrogen-bond acceptors (Lipinski definition) is 3. The molecule has 0 aliphatic carbocycles. The predicted molar refractivity (Wildman–Crippen MR) is 68.5 cm³/mol. The molecule has 0 saturated carbocycles. The fourth-order valence-corrected chi connectivity index (χ4v) is 1.64. The normalized spacial score (nSPS) is 11.1. The number of aromatic amines is 1. The van der Waals surface area contributed by atoms with Crippen LogP contribution in [0.15, 0.2) is 24.7 Å². The Morgan fingerprint density at radius 3 is 2.88 bits per heavy atom. The first-order valence-corrected chi connectivity index (χ1v) is 5.85. The number of H-pyrrole nitrogens is 1. The first-order chi connectivity index (χ1) is 8.16. The molecule has 2 N–H and O–H groups in total. The maximum atomic E-state index is 4.40. The van der Waals surface area contributed by atoms with Crippen molar-refractivity contribution in [1.29, 1.82) is 0 Å². The SMILES string of the molecule is Cc1cnccc1-c1ncc(CNC(C)C)[nH]1. The van der Waals surface area contributed by atoms with Gasteiger partial charge in [0.05, 0.1) is 0 Å². The van der Waals surface area contributed by atoms with Gasteiger partial charge in [0.15, 0.2) is 0 Å². The van der Waals surface area contributed by atoms with E-state index in [9.17, 15) is 0 Å². The quantitative estimate of drug-likeness (QED) is 0.847. The summed E-state index contributed by atoms with van der Waals surface area (Å²) in [6.07, 6.45) is 5.52. The second-order valence-electron chi connectivity index (χ2n) is 4.48. The number of aromatic nitrogens is 3. The third kappa shape index (κ3) is 2.91. The summed E-state index contributed by atoms with van der Waals surface area (Å²) in [4.78, 5) is 11.8. The van der Waals surface area contributed by atoms with Gasteiger partial charge in [-0.2, -0.15) is 0 Å². The maximum Gasteiger partial charge on any atom is 0.137 e. The van der Waals surface area contributed by atoms with Crippen molar-refractivity contribution >= 4 is 0 Å². The first-order valence-electron chi connectivity index (χ1n) is 5.85. The average molecular weight is 230 g/mol. The highest BCUT2D eigenvalue weighted by atomic mass is 15.0. The number of pyridine rings is 1. The highest BCUT2D eigenvalue weighted by Crippen LogP contribution is 2.18. The number of nitrogens with zero attached hydrogens (tertiary/aromatic N) is 2. The van der Waals surface area contributed by atoms with Crippen molar-refractivity contribution in [2.24, 2.45) is 0 Å². The zero-order valence-corrected chi connectivity index (χ0v) is 10.5. The topological polar surface area (TPSA) is 53.6 Å². The molecule has 90 valence electrons. The van der Waals surface area contributed by atoms with Gasteiger partial charge in [-0.25, -0.2) is 4.98 Å². The van der Waals surface area contributed by atoms with Gasteiger partial charge in [-0.1, -0.05) is 13.8 Å². The van der Waals surface area contributed by atoms with Gasteiger partial charge in [0.25, 0.3) is 0 Å². The summed E-state index contributed by atoms with van der Waals surface area (Å²) in [5, 5.41) is 3.36. The molecule has 0 aliphatic heterocycles. The molecule has 0 fully saturated rings. The van der Waals surface area contributed by atoms with Crippen molar-refractivity contribution in [1.82, 2.24) is 20.3 Å². The molecule has 2 rings (SSSR count). The minimum Gasteiger partial charge on any atom is -0.341 e. The largest absolute Gasteiger partial charge is 0.341 e. The van der Waals surface area contributed by atoms with Crippen LogP contribution in [0.25, 0.3) is 11.4 Å². The Bertz CT molecular complexity index is 488. The molecule has 4 heteroatoms. The van der Waals surface area contributed by atoms with Gasteiger partial charge in [-0.3, -0.25) is 4.98 Å². The van der Waals surface area contributed by atoms with E-state index in [-0.39, 0.29) is 0 Å². The molecular formula is C13H18N4. The monoisotopic (exact) mass is 230 g/mol. The zero-order chi connectivity index (χ0) is 12.3. The van der Waals surface area contributed by atoms with Crippen molar-refractivity contribution in [3.8, 4) is 11.4 Å². The Kier molecular flexibility index (Phi) is 3.54. The molecular weight excluding hydrogens is 212 g/mol. The minimum atomic E-state index is 0.476. The smallest absolute Gasteiger partial charge is 0.137 e. The molecule has 4 nitrogen and oxygen atoms in total. The van der Waals surface area contributed by atoms with Crippen LogP contribution in [0.5, 0.6) is 0 Å². The number of rotatable bonds is 4. The summed E-state index contributed by atoms with van der Waals surface area (Å²) in [6, 6.07) is 2.46. The highest BCUT2D eigenvalue weighted by molar-refractivity contribution is 5.58. The van der Waals surface area contributed by atoms with Crippen molar-refractivity contribution in [3.63, 3.8) is 0 Å². The van der Waals surface area contributed by atoms with E-state index in [0.717, 1.165) is 29.2 Å². The molecule has 0 amide bonds. The Labute approximate surface area is 102 Å². The fourth-order valence-electron chi connectivity index (χ4n) is 1.64. The van der Waals surface area contributed by atoms with E-state index in [4.69, 9.17) is 0 Å². The molecule has 0 aromatic carbocycles. The van der Waals surface area contributed by atoms with Crippen LogP contribution in [-0.4, -0.2) is 21.0 Å². The summed E-state index contributed by atoms with van der Waals surface area (Å²) in [5.41, 5.74) is 3.34. The van der Waals surface area contributed by atoms with Crippen LogP contribution in [-0.2, 0) is 6.54 Å². The molecule has 2 heterocycles. The van der Waals surface area contributed by atoms with Crippen molar-refractivity contribution in [2.75, 3.05) is 0 Å². The second kappa shape index (κ2) is 5.10. The third-order valence-electron chi connectivity index (χ3n) is 2.60. The molecule has 0 spiro atoms. The van der Waals surface area contributed by atoms with Crippen LogP contribution < -0.4 is 5.32 Å². The van der Waals surface area contributed by atoms with Gasteiger partial charge >= 0.3 is 0 Å². The molecule has 2 aromatic heterocycles. The van der Waals surface area contributed by atoms with E-state index < -0.39 is 0 Å². The molecule has 2 aromatic rings. The van der Waals surface area contributed by atoms with Gasteiger partial charge in [0.1, 0.15) is 5.82 Å². The lowest BCUT2D eigenvalue weighted by atomic mass is 10.1. The van der Waals surface area contributed by atoms with Gasteiger partial charge < -0.3 is 10.3 Å². The van der Waals surface area contributed by atoms with Crippen LogP contribution in [0.4, 0.5) is 0 Å². The van der Waals surface area contributed by atoms with Crippen LogP contribution in [0.2, 0.25) is 0 Å². The third-order valence-corrected chi connectivity index (χ3v) is 2.60. The Morgan fingerprint density at radius 1 is 1.35 bits per heavy atom. The molecule has 0 radical (unpaired) electrons. The van der Waals surface area contributed by atoms with E-state index in [2.05, 4.69) is 34.1 Å². The van der Waals surface area contributed by atoms with Crippen molar-refractivity contribution < 1.29 is 0 Å². The first kappa shape index (κ1) is 11.8. The standard InChI is InChI=1S/C13H18N4/c1-9(2)15-7-11-8-16-13(17-11)12-4-5-14-6-10(12)3/h4-6,8-9,15H,7H2,1-3H3,(H,16,17). The van der Waals surface area contributed by atoms with E-state index in [0.29, 0.717) is 6.04 Å². The van der Waals surface area contributed by atoms with Crippen LogP contribution >= 0.6 is 0 Å². The summed E-state index contributed by atoms with van der Waals surface area (Å²) in [7, 11) is 0. The lowest BCUT2D eigenvalue weighted by Crippen LogP contribution is -2.21. The summed E-state index contributed by atoms with van der Waals surface area (Å²) in [5.74, 6) is 0.908. The summed E-state index contributed by atoms with van der Waals surface area (Å²) >= 11 is 0. The molecule has 0 saturated heterocycles. The Morgan fingerprint density at radius 2 is 2.18 bits per heavy atom. The van der Waals surface area contributed by atoms with Gasteiger partial charge in [-0.15, -0.1) is 0 Å². The maximum absolute atomic E-state index is 4.40. The lowest BCUT2D eigenvalue weighted by molar-refractivity contribution is 0.583. The Balaban J connectivity index is 2.16. The number of hydrogen-bond donors (Lipinski definition) is 2. The molecule has 0 bridgehead atoms. The van der Waals surface area contributed by atoms with Gasteiger partial charge in [0, 0.05) is 42.4 Å². The van der Waals surface area contributed by atoms with E-state index in [1.54, 1.807) is 6.20 Å². The Hall–Kier alpha value is -1.68. The molecule has 0 atom stereocenters. The average Bonchev–Trinajstić information content (AvgIpc) is 2.75. The fraction of sp³-hybridized carbons (Fsp3) is 0.385. The molecule has 0 unspecified atom stereocenters. The molecule has 0 aliphatic rings. The number of aryl methyl sites for hydroxylation is 1. The van der Waals surface area contributed by atoms with Gasteiger partial charge in [0.2, 0.25) is 0 Å². The number of nitrogens with one attached hydrogen (secondary N) is 2. The number of imidazole rings is 1. The summed E-state index contributed by atoms with van der Waals surface area (Å²) < 4.78 is 0. The minimum absolute atomic E-state index is 0.476. The van der Waals surface area contributed by atoms with E-state index in [1.165, 1.54) is 0 Å². The van der Waals surface area contributed by atoms with E-state index >= 15 is 0 Å². The second-order valence-corrected chi connectivity index (χ2v) is 4.48. The van der Waals surface area contributed by atoms with Gasteiger partial charge in [-0.05, 0) is 18.6 Å². The zero-order valence-electron chi connectivity index (χ0n) is 10.5. The lowest BCUT2D eigenvalue weighted by Gasteiger charge is -2.05. The van der Waals surface area contributed by atoms with Crippen molar-refractivity contribution in [2.45, 2.75) is 33.4 Å².